The number of aromatic hydroxyl groups is 1. The first-order valence-electron chi connectivity index (χ1n) is 9.64. The van der Waals surface area contributed by atoms with Crippen LogP contribution in [0.2, 0.25) is 0 Å². The fraction of sp³-hybridized carbons (Fsp3) is 0.250. The lowest BCUT2D eigenvalue weighted by Crippen LogP contribution is -2.48. The molecule has 0 bridgehead atoms. The lowest BCUT2D eigenvalue weighted by atomic mass is 9.79. The van der Waals surface area contributed by atoms with Crippen LogP contribution in [0.1, 0.15) is 29.5 Å². The molecule has 1 fully saturated rings. The normalized spacial score (nSPS) is 17.7. The maximum atomic E-state index is 12.1. The molecule has 1 atom stereocenters. The van der Waals surface area contributed by atoms with Crippen molar-refractivity contribution < 1.29 is 10.2 Å². The molecule has 0 aromatic heterocycles. The van der Waals surface area contributed by atoms with Gasteiger partial charge < -0.3 is 10.2 Å². The topological polar surface area (TPSA) is 43.7 Å². The van der Waals surface area contributed by atoms with Crippen LogP contribution in [-0.4, -0.2) is 27.7 Å². The average molecular weight is 438 g/mol. The van der Waals surface area contributed by atoms with E-state index in [1.807, 2.05) is 78.9 Å². The van der Waals surface area contributed by atoms with Crippen molar-refractivity contribution in [3.8, 4) is 5.75 Å². The molecule has 3 aromatic carbocycles. The highest BCUT2D eigenvalue weighted by molar-refractivity contribution is 9.10. The predicted octanol–water partition coefficient (Wildman–Crippen LogP) is 5.06. The van der Waals surface area contributed by atoms with E-state index in [1.54, 1.807) is 0 Å². The zero-order valence-electron chi connectivity index (χ0n) is 15.6. The number of nitrogens with zero attached hydrogens (tertiary/aromatic N) is 1. The van der Waals surface area contributed by atoms with Gasteiger partial charge in [-0.1, -0.05) is 72.8 Å². The molecular formula is C24H24BrNO2. The summed E-state index contributed by atoms with van der Waals surface area (Å²) >= 11 is 3.41. The van der Waals surface area contributed by atoms with E-state index in [9.17, 15) is 10.2 Å². The smallest absolute Gasteiger partial charge is 0.134 e. The van der Waals surface area contributed by atoms with E-state index in [2.05, 4.69) is 20.8 Å². The van der Waals surface area contributed by atoms with Crippen LogP contribution in [0.15, 0.2) is 83.3 Å². The standard InChI is InChI=1S/C24H24BrNO2/c25-21-14-7-9-18(23(21)27)17-26-16-8-15-22(26)24(28,19-10-3-1-4-11-19)20-12-5-2-6-13-20/h1-7,9-14,22,27-28H,8,15-17H2/t22-/m0/s1. The van der Waals surface area contributed by atoms with E-state index in [1.165, 1.54) is 0 Å². The molecule has 1 heterocycles. The number of halogens is 1. The summed E-state index contributed by atoms with van der Waals surface area (Å²) in [6, 6.07) is 25.5. The van der Waals surface area contributed by atoms with Crippen LogP contribution < -0.4 is 0 Å². The maximum absolute atomic E-state index is 12.1. The Hall–Kier alpha value is -2.14. The third-order valence-electron chi connectivity index (χ3n) is 5.72. The van der Waals surface area contributed by atoms with Gasteiger partial charge in [0.1, 0.15) is 11.4 Å². The van der Waals surface area contributed by atoms with Crippen molar-refractivity contribution in [3.63, 3.8) is 0 Å². The molecule has 0 aliphatic carbocycles. The van der Waals surface area contributed by atoms with Gasteiger partial charge in [-0.25, -0.2) is 0 Å². The van der Waals surface area contributed by atoms with Crippen molar-refractivity contribution in [2.45, 2.75) is 31.0 Å². The van der Waals surface area contributed by atoms with Crippen LogP contribution in [0, 0.1) is 0 Å². The van der Waals surface area contributed by atoms with E-state index in [-0.39, 0.29) is 11.8 Å². The molecule has 144 valence electrons. The van der Waals surface area contributed by atoms with Crippen molar-refractivity contribution >= 4 is 15.9 Å². The quantitative estimate of drug-likeness (QED) is 0.586. The van der Waals surface area contributed by atoms with Crippen molar-refractivity contribution in [1.29, 1.82) is 0 Å². The molecule has 1 saturated heterocycles. The number of hydrogen-bond donors (Lipinski definition) is 2. The Morgan fingerprint density at radius 1 is 0.893 bits per heavy atom. The summed E-state index contributed by atoms with van der Waals surface area (Å²) in [5.41, 5.74) is 1.55. The molecule has 0 unspecified atom stereocenters. The second kappa shape index (κ2) is 8.08. The summed E-state index contributed by atoms with van der Waals surface area (Å²) in [4.78, 5) is 2.29. The molecule has 1 aliphatic rings. The van der Waals surface area contributed by atoms with Crippen LogP contribution in [0.4, 0.5) is 0 Å². The van der Waals surface area contributed by atoms with Gasteiger partial charge in [-0.15, -0.1) is 0 Å². The minimum Gasteiger partial charge on any atom is -0.506 e. The van der Waals surface area contributed by atoms with Crippen molar-refractivity contribution in [1.82, 2.24) is 4.90 Å². The monoisotopic (exact) mass is 437 g/mol. The maximum Gasteiger partial charge on any atom is 0.134 e. The van der Waals surface area contributed by atoms with Crippen LogP contribution in [-0.2, 0) is 12.1 Å². The Kier molecular flexibility index (Phi) is 5.54. The fourth-order valence-electron chi connectivity index (χ4n) is 4.33. The van der Waals surface area contributed by atoms with Crippen molar-refractivity contribution in [2.75, 3.05) is 6.54 Å². The van der Waals surface area contributed by atoms with Crippen molar-refractivity contribution in [3.05, 3.63) is 100 Å². The molecule has 3 aromatic rings. The SMILES string of the molecule is Oc1c(Br)cccc1CN1CCC[C@H]1C(O)(c1ccccc1)c1ccccc1. The van der Waals surface area contributed by atoms with Gasteiger partial charge >= 0.3 is 0 Å². The van der Waals surface area contributed by atoms with Gasteiger partial charge in [-0.3, -0.25) is 4.90 Å². The minimum absolute atomic E-state index is 0.0734. The largest absolute Gasteiger partial charge is 0.506 e. The van der Waals surface area contributed by atoms with Gasteiger partial charge in [-0.05, 0) is 52.5 Å². The number of rotatable bonds is 5. The number of para-hydroxylation sites is 1. The van der Waals surface area contributed by atoms with Gasteiger partial charge in [0.05, 0.1) is 4.47 Å². The minimum atomic E-state index is -1.11. The zero-order valence-corrected chi connectivity index (χ0v) is 17.2. The molecular weight excluding hydrogens is 414 g/mol. The van der Waals surface area contributed by atoms with Crippen molar-refractivity contribution in [2.24, 2.45) is 0 Å². The highest BCUT2D eigenvalue weighted by Crippen LogP contribution is 2.41. The zero-order chi connectivity index (χ0) is 19.6. The van der Waals surface area contributed by atoms with Crippen LogP contribution in [0.25, 0.3) is 0 Å². The molecule has 0 saturated carbocycles. The van der Waals surface area contributed by atoms with Gasteiger partial charge in [-0.2, -0.15) is 0 Å². The van der Waals surface area contributed by atoms with E-state index in [4.69, 9.17) is 0 Å². The van der Waals surface area contributed by atoms with E-state index in [0.29, 0.717) is 11.0 Å². The third-order valence-corrected chi connectivity index (χ3v) is 6.36. The molecule has 4 heteroatoms. The van der Waals surface area contributed by atoms with E-state index in [0.717, 1.165) is 36.1 Å². The lowest BCUT2D eigenvalue weighted by Gasteiger charge is -2.40. The number of phenolic OH excluding ortho intramolecular Hbond substituents is 1. The third kappa shape index (κ3) is 3.48. The van der Waals surface area contributed by atoms with Crippen LogP contribution in [0.3, 0.4) is 0 Å². The summed E-state index contributed by atoms with van der Waals surface area (Å²) in [5.74, 6) is 0.274. The van der Waals surface area contributed by atoms with Gasteiger partial charge in [0.2, 0.25) is 0 Å². The Labute approximate surface area is 174 Å². The number of hydrogen-bond acceptors (Lipinski definition) is 3. The van der Waals surface area contributed by atoms with Gasteiger partial charge in [0.25, 0.3) is 0 Å². The highest BCUT2D eigenvalue weighted by Gasteiger charge is 2.45. The summed E-state index contributed by atoms with van der Waals surface area (Å²) in [6.07, 6.45) is 1.91. The number of phenols is 1. The summed E-state index contributed by atoms with van der Waals surface area (Å²) < 4.78 is 0.696. The second-order valence-corrected chi connectivity index (χ2v) is 8.23. The highest BCUT2D eigenvalue weighted by atomic mass is 79.9. The molecule has 1 aliphatic heterocycles. The molecule has 2 N–H and O–H groups in total. The van der Waals surface area contributed by atoms with E-state index < -0.39 is 5.60 Å². The number of likely N-dealkylation sites (tertiary alicyclic amines) is 1. The number of benzene rings is 3. The molecule has 0 spiro atoms. The first-order valence-corrected chi connectivity index (χ1v) is 10.4. The Balaban J connectivity index is 1.74. The molecule has 4 rings (SSSR count). The van der Waals surface area contributed by atoms with Crippen LogP contribution >= 0.6 is 15.9 Å². The molecule has 28 heavy (non-hydrogen) atoms. The lowest BCUT2D eigenvalue weighted by molar-refractivity contribution is -0.00673. The number of aliphatic hydroxyl groups is 1. The summed E-state index contributed by atoms with van der Waals surface area (Å²) in [6.45, 7) is 1.48. The first kappa shape index (κ1) is 19.2. The molecule has 0 radical (unpaired) electrons. The Morgan fingerprint density at radius 3 is 2.11 bits per heavy atom. The first-order chi connectivity index (χ1) is 13.6. The average Bonchev–Trinajstić information content (AvgIpc) is 3.21. The van der Waals surface area contributed by atoms with Crippen LogP contribution in [0.5, 0.6) is 5.75 Å². The predicted molar refractivity (Wildman–Crippen MR) is 115 cm³/mol. The van der Waals surface area contributed by atoms with E-state index >= 15 is 0 Å². The van der Waals surface area contributed by atoms with Gasteiger partial charge in [0.15, 0.2) is 0 Å². The second-order valence-electron chi connectivity index (χ2n) is 7.37. The Morgan fingerprint density at radius 2 is 1.50 bits per heavy atom. The fourth-order valence-corrected chi connectivity index (χ4v) is 4.74. The van der Waals surface area contributed by atoms with Gasteiger partial charge in [0, 0.05) is 18.2 Å². The summed E-state index contributed by atoms with van der Waals surface area (Å²) in [5, 5.41) is 22.6. The molecule has 3 nitrogen and oxygen atoms in total. The Bertz CT molecular complexity index is 890. The summed E-state index contributed by atoms with van der Waals surface area (Å²) in [7, 11) is 0. The molecule has 0 amide bonds.